The first kappa shape index (κ1) is 41.1. The zero-order chi connectivity index (χ0) is 26.9. The van der Waals surface area contributed by atoms with Crippen LogP contribution in [0.25, 0.3) is 5.57 Å². The molecule has 1 fully saturated rings. The van der Waals surface area contributed by atoms with Gasteiger partial charge in [0.25, 0.3) is 0 Å². The summed E-state index contributed by atoms with van der Waals surface area (Å²) >= 11 is 0. The van der Waals surface area contributed by atoms with Gasteiger partial charge in [0.15, 0.2) is 0 Å². The van der Waals surface area contributed by atoms with Gasteiger partial charge < -0.3 is 0 Å². The molecule has 0 aromatic heterocycles. The first-order chi connectivity index (χ1) is 16.0. The SMILES string of the molecule is C.C.C/C=C\C.C=C(C)c1ccccc1C1(C)C[C@@H]1C.CC.CCCC.Cc1cc(C)c(C)c(C)c1. The Labute approximate surface area is 229 Å². The van der Waals surface area contributed by atoms with Crippen molar-refractivity contribution in [1.82, 2.24) is 0 Å². The first-order valence-corrected chi connectivity index (χ1v) is 13.4. The number of hydrogen-bond donors (Lipinski definition) is 0. The molecule has 0 radical (unpaired) electrons. The topological polar surface area (TPSA) is 0 Å². The normalized spacial score (nSPS) is 16.5. The van der Waals surface area contributed by atoms with Crippen molar-refractivity contribution in [3.8, 4) is 0 Å². The molecule has 0 spiro atoms. The summed E-state index contributed by atoms with van der Waals surface area (Å²) in [5.41, 5.74) is 10.0. The summed E-state index contributed by atoms with van der Waals surface area (Å²) in [4.78, 5) is 0. The van der Waals surface area contributed by atoms with Gasteiger partial charge in [-0.1, -0.05) is 136 Å². The van der Waals surface area contributed by atoms with E-state index in [1.807, 2.05) is 39.8 Å². The fourth-order valence-corrected chi connectivity index (χ4v) is 3.56. The Balaban J connectivity index is -0.000000205. The van der Waals surface area contributed by atoms with Crippen LogP contribution in [0.4, 0.5) is 0 Å². The average molecular weight is 497 g/mol. The van der Waals surface area contributed by atoms with Crippen LogP contribution in [-0.2, 0) is 5.41 Å². The maximum atomic E-state index is 4.05. The van der Waals surface area contributed by atoms with Crippen LogP contribution in [0.15, 0.2) is 55.1 Å². The molecule has 36 heavy (non-hydrogen) atoms. The number of unbranched alkanes of at least 4 members (excludes halogenated alkanes) is 1. The molecule has 208 valence electrons. The van der Waals surface area contributed by atoms with Gasteiger partial charge >= 0.3 is 0 Å². The molecule has 1 saturated carbocycles. The predicted octanol–water partition coefficient (Wildman–Crippen LogP) is 12.6. The van der Waals surface area contributed by atoms with Gasteiger partial charge in [-0.3, -0.25) is 0 Å². The van der Waals surface area contributed by atoms with E-state index in [4.69, 9.17) is 0 Å². The van der Waals surface area contributed by atoms with Gasteiger partial charge in [0.05, 0.1) is 0 Å². The van der Waals surface area contributed by atoms with Gasteiger partial charge in [0.1, 0.15) is 0 Å². The Bertz CT molecular complexity index is 823. The quantitative estimate of drug-likeness (QED) is 0.370. The molecule has 0 aliphatic heterocycles. The molecule has 2 atom stereocenters. The molecular formula is C36H64. The van der Waals surface area contributed by atoms with Gasteiger partial charge in [-0.05, 0) is 94.0 Å². The highest BCUT2D eigenvalue weighted by atomic mass is 14.5. The van der Waals surface area contributed by atoms with Crippen LogP contribution in [0, 0.1) is 33.6 Å². The minimum Gasteiger partial charge on any atom is -0.0955 e. The number of rotatable bonds is 3. The number of benzene rings is 2. The van der Waals surface area contributed by atoms with Crippen molar-refractivity contribution < 1.29 is 0 Å². The molecule has 1 aliphatic rings. The number of hydrogen-bond acceptors (Lipinski definition) is 0. The summed E-state index contributed by atoms with van der Waals surface area (Å²) in [5, 5.41) is 0. The van der Waals surface area contributed by atoms with E-state index in [0.29, 0.717) is 5.41 Å². The summed E-state index contributed by atoms with van der Waals surface area (Å²) in [6, 6.07) is 13.1. The smallest absolute Gasteiger partial charge is 0.00405 e. The molecule has 0 bridgehead atoms. The zero-order valence-corrected chi connectivity index (χ0v) is 25.0. The number of allylic oxidation sites excluding steroid dienone is 3. The van der Waals surface area contributed by atoms with E-state index in [0.717, 1.165) is 5.92 Å². The molecule has 0 saturated heterocycles. The van der Waals surface area contributed by atoms with Gasteiger partial charge in [-0.25, -0.2) is 0 Å². The van der Waals surface area contributed by atoms with E-state index in [2.05, 4.69) is 105 Å². The van der Waals surface area contributed by atoms with Crippen molar-refractivity contribution in [2.24, 2.45) is 5.92 Å². The van der Waals surface area contributed by atoms with Crippen molar-refractivity contribution >= 4 is 5.57 Å². The Morgan fingerprint density at radius 2 is 1.31 bits per heavy atom. The predicted molar refractivity (Wildman–Crippen MR) is 174 cm³/mol. The second-order valence-electron chi connectivity index (χ2n) is 9.54. The Morgan fingerprint density at radius 1 is 0.917 bits per heavy atom. The van der Waals surface area contributed by atoms with E-state index in [1.165, 1.54) is 58.2 Å². The fraction of sp³-hybridized carbons (Fsp3) is 0.556. The van der Waals surface area contributed by atoms with Crippen molar-refractivity contribution in [3.63, 3.8) is 0 Å². The highest BCUT2D eigenvalue weighted by Crippen LogP contribution is 2.54. The maximum absolute atomic E-state index is 4.05. The van der Waals surface area contributed by atoms with Gasteiger partial charge in [0, 0.05) is 0 Å². The van der Waals surface area contributed by atoms with Crippen LogP contribution >= 0.6 is 0 Å². The van der Waals surface area contributed by atoms with Gasteiger partial charge in [-0.15, -0.1) is 0 Å². The molecule has 0 N–H and O–H groups in total. The second-order valence-corrected chi connectivity index (χ2v) is 9.54. The summed E-state index contributed by atoms with van der Waals surface area (Å²) in [6.07, 6.45) is 7.96. The van der Waals surface area contributed by atoms with Gasteiger partial charge in [0.2, 0.25) is 0 Å². The standard InChI is InChI=1S/C14H18.C10H14.C4H10.C4H8.C2H6.2CH4/c1-10(2)12-7-5-6-8-13(12)14(4)9-11(14)3;1-7-5-8(2)10(4)9(3)6-7;2*1-3-4-2;1-2;;/h5-8,11H,1,9H2,2-4H3;5-6H,1-4H3;3-4H2,1-2H3;3-4H,1-2H3;1-2H3;2*1H4/b;;;4-3-;;;/t11-,14?;;;;;;/m0....../s1. The lowest BCUT2D eigenvalue weighted by Gasteiger charge is -2.16. The van der Waals surface area contributed by atoms with Crippen LogP contribution in [0.1, 0.15) is 130 Å². The molecule has 3 rings (SSSR count). The lowest BCUT2D eigenvalue weighted by Crippen LogP contribution is -2.06. The van der Waals surface area contributed by atoms with Crippen LogP contribution in [0.5, 0.6) is 0 Å². The Morgan fingerprint density at radius 3 is 1.61 bits per heavy atom. The van der Waals surface area contributed by atoms with E-state index in [1.54, 1.807) is 0 Å². The molecule has 0 heterocycles. The van der Waals surface area contributed by atoms with E-state index >= 15 is 0 Å². The van der Waals surface area contributed by atoms with Crippen LogP contribution in [0.3, 0.4) is 0 Å². The van der Waals surface area contributed by atoms with Crippen molar-refractivity contribution in [1.29, 1.82) is 0 Å². The fourth-order valence-electron chi connectivity index (χ4n) is 3.56. The van der Waals surface area contributed by atoms with Crippen LogP contribution in [-0.4, -0.2) is 0 Å². The molecule has 1 aliphatic carbocycles. The Hall–Kier alpha value is -2.08. The molecular weight excluding hydrogens is 432 g/mol. The lowest BCUT2D eigenvalue weighted by molar-refractivity contribution is 0.700. The molecule has 0 heteroatoms. The third kappa shape index (κ3) is 14.5. The van der Waals surface area contributed by atoms with E-state index in [9.17, 15) is 0 Å². The van der Waals surface area contributed by atoms with Crippen molar-refractivity contribution in [3.05, 3.63) is 88.5 Å². The third-order valence-corrected chi connectivity index (χ3v) is 6.56. The highest BCUT2D eigenvalue weighted by Gasteiger charge is 2.48. The summed E-state index contributed by atoms with van der Waals surface area (Å²) in [7, 11) is 0. The minimum atomic E-state index is 0. The van der Waals surface area contributed by atoms with E-state index in [-0.39, 0.29) is 14.9 Å². The van der Waals surface area contributed by atoms with Crippen molar-refractivity contribution in [2.75, 3.05) is 0 Å². The lowest BCUT2D eigenvalue weighted by atomic mass is 9.89. The van der Waals surface area contributed by atoms with Crippen molar-refractivity contribution in [2.45, 2.75) is 130 Å². The third-order valence-electron chi connectivity index (χ3n) is 6.56. The largest absolute Gasteiger partial charge is 0.0955 e. The minimum absolute atomic E-state index is 0. The average Bonchev–Trinajstić information content (AvgIpc) is 3.46. The Kier molecular flexibility index (Phi) is 25.3. The number of aryl methyl sites for hydroxylation is 3. The summed E-state index contributed by atoms with van der Waals surface area (Å²) < 4.78 is 0. The zero-order valence-electron chi connectivity index (χ0n) is 25.0. The van der Waals surface area contributed by atoms with Crippen LogP contribution < -0.4 is 0 Å². The molecule has 2 aromatic carbocycles. The highest BCUT2D eigenvalue weighted by molar-refractivity contribution is 5.66. The first-order valence-electron chi connectivity index (χ1n) is 13.4. The molecule has 1 unspecified atom stereocenters. The van der Waals surface area contributed by atoms with Crippen LogP contribution in [0.2, 0.25) is 0 Å². The summed E-state index contributed by atoms with van der Waals surface area (Å²) in [5.74, 6) is 0.822. The molecule has 2 aromatic rings. The molecule has 0 amide bonds. The molecule has 0 nitrogen and oxygen atoms in total. The maximum Gasteiger partial charge on any atom is -0.00405 e. The van der Waals surface area contributed by atoms with E-state index < -0.39 is 0 Å². The monoisotopic (exact) mass is 497 g/mol. The van der Waals surface area contributed by atoms with Gasteiger partial charge in [-0.2, -0.15) is 0 Å². The second kappa shape index (κ2) is 22.1. The summed E-state index contributed by atoms with van der Waals surface area (Å²) in [6.45, 7) is 31.8.